The standard InChI is InChI=1S/C11H16BN/c1-3-5-6-11-8-12(9-13)7-10(11)4-2/h3-4,10-11H,1-2,5-8H2. The maximum absolute atomic E-state index is 8.82. The smallest absolute Gasteiger partial charge is 0.213 e. The second-order valence-electron chi connectivity index (χ2n) is 3.82. The molecule has 1 heterocycles. The lowest BCUT2D eigenvalue weighted by Gasteiger charge is -2.14. The van der Waals surface area contributed by atoms with Crippen LogP contribution in [0.2, 0.25) is 12.6 Å². The van der Waals surface area contributed by atoms with Crippen molar-refractivity contribution in [3.63, 3.8) is 0 Å². The molecule has 0 aliphatic carbocycles. The normalized spacial score (nSPS) is 26.8. The lowest BCUT2D eigenvalue weighted by molar-refractivity contribution is 0.457. The minimum absolute atomic E-state index is 0.262. The maximum Gasteiger partial charge on any atom is 0.268 e. The Hall–Kier alpha value is -0.965. The molecule has 0 aromatic heterocycles. The Labute approximate surface area is 81.2 Å². The molecule has 1 aliphatic heterocycles. The summed E-state index contributed by atoms with van der Waals surface area (Å²) in [7, 11) is 0. The number of nitrogens with zero attached hydrogens (tertiary/aromatic N) is 1. The molecular weight excluding hydrogens is 157 g/mol. The molecule has 0 bridgehead atoms. The first-order valence-corrected chi connectivity index (χ1v) is 4.94. The van der Waals surface area contributed by atoms with Gasteiger partial charge in [-0.1, -0.05) is 24.8 Å². The second-order valence-corrected chi connectivity index (χ2v) is 3.82. The van der Waals surface area contributed by atoms with Crippen LogP contribution in [-0.4, -0.2) is 6.71 Å². The summed E-state index contributed by atoms with van der Waals surface area (Å²) in [5, 5.41) is 8.82. The van der Waals surface area contributed by atoms with Gasteiger partial charge in [0.2, 0.25) is 0 Å². The molecule has 0 saturated carbocycles. The summed E-state index contributed by atoms with van der Waals surface area (Å²) in [4.78, 5) is 0. The number of allylic oxidation sites excluding steroid dienone is 2. The van der Waals surface area contributed by atoms with Crippen molar-refractivity contribution < 1.29 is 0 Å². The SMILES string of the molecule is C=CCCC1CB(C#N)CC1C=C. The predicted octanol–water partition coefficient (Wildman–Crippen LogP) is 2.94. The third kappa shape index (κ3) is 2.49. The fourth-order valence-corrected chi connectivity index (χ4v) is 2.22. The Balaban J connectivity index is 2.48. The van der Waals surface area contributed by atoms with Crippen molar-refractivity contribution in [2.45, 2.75) is 25.5 Å². The van der Waals surface area contributed by atoms with E-state index in [1.54, 1.807) is 0 Å². The molecule has 68 valence electrons. The van der Waals surface area contributed by atoms with E-state index >= 15 is 0 Å². The average Bonchev–Trinajstić information content (AvgIpc) is 2.57. The van der Waals surface area contributed by atoms with Crippen molar-refractivity contribution in [3.05, 3.63) is 25.3 Å². The van der Waals surface area contributed by atoms with Crippen molar-refractivity contribution in [2.24, 2.45) is 11.8 Å². The summed E-state index contributed by atoms with van der Waals surface area (Å²) < 4.78 is 0. The first-order valence-electron chi connectivity index (χ1n) is 4.94. The largest absolute Gasteiger partial charge is 0.268 e. The molecular formula is C11H16BN. The van der Waals surface area contributed by atoms with Crippen LogP contribution in [0.5, 0.6) is 0 Å². The Morgan fingerprint density at radius 2 is 2.23 bits per heavy atom. The first kappa shape index (κ1) is 10.1. The highest BCUT2D eigenvalue weighted by Gasteiger charge is 2.34. The highest BCUT2D eigenvalue weighted by atomic mass is 14.3. The van der Waals surface area contributed by atoms with Gasteiger partial charge in [-0.25, -0.2) is 5.26 Å². The van der Waals surface area contributed by atoms with Gasteiger partial charge >= 0.3 is 0 Å². The minimum atomic E-state index is 0.262. The Morgan fingerprint density at radius 3 is 2.77 bits per heavy atom. The van der Waals surface area contributed by atoms with Gasteiger partial charge in [0.1, 0.15) is 0 Å². The lowest BCUT2D eigenvalue weighted by atomic mass is 9.49. The van der Waals surface area contributed by atoms with Crippen molar-refractivity contribution >= 4 is 6.71 Å². The minimum Gasteiger partial charge on any atom is -0.213 e. The number of rotatable bonds is 4. The van der Waals surface area contributed by atoms with E-state index in [-0.39, 0.29) is 6.71 Å². The molecule has 13 heavy (non-hydrogen) atoms. The lowest BCUT2D eigenvalue weighted by Crippen LogP contribution is -2.03. The average molecular weight is 173 g/mol. The van der Waals surface area contributed by atoms with E-state index in [9.17, 15) is 0 Å². The first-order chi connectivity index (χ1) is 6.31. The van der Waals surface area contributed by atoms with E-state index in [0.29, 0.717) is 11.8 Å². The fourth-order valence-electron chi connectivity index (χ4n) is 2.22. The molecule has 1 rings (SSSR count). The molecule has 1 fully saturated rings. The van der Waals surface area contributed by atoms with Crippen molar-refractivity contribution in [3.8, 4) is 5.97 Å². The van der Waals surface area contributed by atoms with Gasteiger partial charge < -0.3 is 0 Å². The van der Waals surface area contributed by atoms with E-state index in [1.165, 1.54) is 6.42 Å². The Kier molecular flexibility index (Phi) is 3.83. The monoisotopic (exact) mass is 173 g/mol. The molecule has 1 saturated heterocycles. The molecule has 2 unspecified atom stereocenters. The van der Waals surface area contributed by atoms with E-state index in [0.717, 1.165) is 19.1 Å². The predicted molar refractivity (Wildman–Crippen MR) is 57.6 cm³/mol. The Morgan fingerprint density at radius 1 is 1.46 bits per heavy atom. The number of hydrogen-bond donors (Lipinski definition) is 0. The highest BCUT2D eigenvalue weighted by molar-refractivity contribution is 6.67. The zero-order valence-corrected chi connectivity index (χ0v) is 8.08. The zero-order valence-electron chi connectivity index (χ0n) is 8.08. The van der Waals surface area contributed by atoms with Gasteiger partial charge in [-0.05, 0) is 24.7 Å². The fraction of sp³-hybridized carbons (Fsp3) is 0.545. The van der Waals surface area contributed by atoms with Crippen molar-refractivity contribution in [1.82, 2.24) is 0 Å². The van der Waals surface area contributed by atoms with Crippen LogP contribution in [0.15, 0.2) is 25.3 Å². The van der Waals surface area contributed by atoms with Gasteiger partial charge in [-0.2, -0.15) is 0 Å². The molecule has 0 amide bonds. The third-order valence-electron chi connectivity index (χ3n) is 2.98. The van der Waals surface area contributed by atoms with Crippen molar-refractivity contribution in [2.75, 3.05) is 0 Å². The summed E-state index contributed by atoms with van der Waals surface area (Å²) >= 11 is 0. The quantitative estimate of drug-likeness (QED) is 0.473. The van der Waals surface area contributed by atoms with E-state index in [1.807, 2.05) is 12.2 Å². The summed E-state index contributed by atoms with van der Waals surface area (Å²) in [5.41, 5.74) is 0. The van der Waals surface area contributed by atoms with E-state index in [4.69, 9.17) is 5.26 Å². The van der Waals surface area contributed by atoms with Crippen LogP contribution < -0.4 is 0 Å². The van der Waals surface area contributed by atoms with Crippen LogP contribution in [0.4, 0.5) is 0 Å². The van der Waals surface area contributed by atoms with Gasteiger partial charge in [0.05, 0.1) is 0 Å². The molecule has 0 aromatic carbocycles. The molecule has 2 heteroatoms. The van der Waals surface area contributed by atoms with Crippen LogP contribution in [-0.2, 0) is 0 Å². The second kappa shape index (κ2) is 4.92. The Bertz CT molecular complexity index is 229. The van der Waals surface area contributed by atoms with E-state index in [2.05, 4.69) is 19.1 Å². The number of hydrogen-bond acceptors (Lipinski definition) is 1. The maximum atomic E-state index is 8.82. The van der Waals surface area contributed by atoms with Crippen LogP contribution in [0.3, 0.4) is 0 Å². The van der Waals surface area contributed by atoms with Crippen LogP contribution in [0.1, 0.15) is 12.8 Å². The number of nitriles is 1. The topological polar surface area (TPSA) is 23.8 Å². The van der Waals surface area contributed by atoms with Crippen molar-refractivity contribution in [1.29, 1.82) is 5.26 Å². The zero-order chi connectivity index (χ0) is 9.68. The van der Waals surface area contributed by atoms with E-state index < -0.39 is 0 Å². The summed E-state index contributed by atoms with van der Waals surface area (Å²) in [5.74, 6) is 3.59. The van der Waals surface area contributed by atoms with Crippen LogP contribution in [0.25, 0.3) is 0 Å². The summed E-state index contributed by atoms with van der Waals surface area (Å²) in [6.07, 6.45) is 8.28. The molecule has 0 aromatic rings. The molecule has 0 radical (unpaired) electrons. The van der Waals surface area contributed by atoms with Gasteiger partial charge in [0, 0.05) is 5.97 Å². The van der Waals surface area contributed by atoms with Crippen LogP contribution in [0, 0.1) is 23.1 Å². The van der Waals surface area contributed by atoms with Gasteiger partial charge in [-0.15, -0.1) is 13.2 Å². The summed E-state index contributed by atoms with van der Waals surface area (Å²) in [6, 6.07) is 0. The summed E-state index contributed by atoms with van der Waals surface area (Å²) in [6.45, 7) is 7.82. The van der Waals surface area contributed by atoms with Crippen LogP contribution >= 0.6 is 0 Å². The van der Waals surface area contributed by atoms with Gasteiger partial charge in [-0.3, -0.25) is 0 Å². The van der Waals surface area contributed by atoms with Gasteiger partial charge in [0.25, 0.3) is 6.71 Å². The molecule has 1 nitrogen and oxygen atoms in total. The van der Waals surface area contributed by atoms with Gasteiger partial charge in [0.15, 0.2) is 0 Å². The molecule has 0 N–H and O–H groups in total. The highest BCUT2D eigenvalue weighted by Crippen LogP contribution is 2.36. The molecule has 2 atom stereocenters. The molecule has 1 aliphatic rings. The third-order valence-corrected chi connectivity index (χ3v) is 2.98. The molecule has 0 spiro atoms.